The summed E-state index contributed by atoms with van der Waals surface area (Å²) in [4.78, 5) is 11.7. The Morgan fingerprint density at radius 1 is 1.12 bits per heavy atom. The fourth-order valence-electron chi connectivity index (χ4n) is 1.98. The molecule has 1 amide bonds. The highest BCUT2D eigenvalue weighted by atomic mass is 32.1. The minimum absolute atomic E-state index is 0.0691. The van der Waals surface area contributed by atoms with Gasteiger partial charge in [-0.3, -0.25) is 15.6 Å². The van der Waals surface area contributed by atoms with Crippen molar-refractivity contribution in [3.05, 3.63) is 29.8 Å². The van der Waals surface area contributed by atoms with Crippen molar-refractivity contribution in [2.75, 3.05) is 13.2 Å². The SMILES string of the molecule is CCCCCNC(=S)NNC(=O)COc1ccc(C(C)(C)C)cc1. The zero-order valence-electron chi connectivity index (χ0n) is 15.1. The van der Waals surface area contributed by atoms with E-state index in [0.717, 1.165) is 25.8 Å². The first-order chi connectivity index (χ1) is 11.3. The summed E-state index contributed by atoms with van der Waals surface area (Å²) < 4.78 is 5.47. The Labute approximate surface area is 150 Å². The number of benzene rings is 1. The standard InChI is InChI=1S/C18H29N3O2S/c1-5-6-7-12-19-17(24)21-20-16(22)13-23-15-10-8-14(9-11-15)18(2,3)4/h8-11H,5-7,12-13H2,1-4H3,(H,20,22)(H2,19,21,24). The summed E-state index contributed by atoms with van der Waals surface area (Å²) in [5.74, 6) is 0.381. The van der Waals surface area contributed by atoms with Crippen molar-refractivity contribution in [3.63, 3.8) is 0 Å². The molecule has 3 N–H and O–H groups in total. The summed E-state index contributed by atoms with van der Waals surface area (Å²) >= 11 is 5.07. The molecule has 0 aliphatic carbocycles. The Balaban J connectivity index is 2.25. The Kier molecular flexibility index (Phi) is 8.54. The number of hydrogen-bond donors (Lipinski definition) is 3. The van der Waals surface area contributed by atoms with Gasteiger partial charge in [0, 0.05) is 6.54 Å². The summed E-state index contributed by atoms with van der Waals surface area (Å²) in [6.07, 6.45) is 3.37. The third kappa shape index (κ3) is 8.15. The zero-order chi connectivity index (χ0) is 18.0. The van der Waals surface area contributed by atoms with Crippen LogP contribution < -0.4 is 20.9 Å². The van der Waals surface area contributed by atoms with E-state index in [1.807, 2.05) is 24.3 Å². The number of carbonyl (C=O) groups is 1. The van der Waals surface area contributed by atoms with Crippen LogP contribution in [0.1, 0.15) is 52.5 Å². The zero-order valence-corrected chi connectivity index (χ0v) is 15.9. The van der Waals surface area contributed by atoms with Crippen LogP contribution in [0.3, 0.4) is 0 Å². The number of hydrazine groups is 1. The lowest BCUT2D eigenvalue weighted by Crippen LogP contribution is -2.48. The van der Waals surface area contributed by atoms with Gasteiger partial charge in [-0.25, -0.2) is 0 Å². The molecule has 5 nitrogen and oxygen atoms in total. The van der Waals surface area contributed by atoms with Gasteiger partial charge >= 0.3 is 0 Å². The minimum Gasteiger partial charge on any atom is -0.484 e. The molecule has 0 aliphatic heterocycles. The van der Waals surface area contributed by atoms with Crippen LogP contribution in [-0.2, 0) is 10.2 Å². The van der Waals surface area contributed by atoms with Crippen LogP contribution in [0.5, 0.6) is 5.75 Å². The smallest absolute Gasteiger partial charge is 0.276 e. The number of rotatable bonds is 7. The first-order valence-electron chi connectivity index (χ1n) is 8.39. The molecule has 1 aromatic carbocycles. The van der Waals surface area contributed by atoms with Gasteiger partial charge in [0.1, 0.15) is 5.75 Å². The highest BCUT2D eigenvalue weighted by molar-refractivity contribution is 7.80. The van der Waals surface area contributed by atoms with Gasteiger partial charge in [0.15, 0.2) is 11.7 Å². The predicted octanol–water partition coefficient (Wildman–Crippen LogP) is 3.05. The summed E-state index contributed by atoms with van der Waals surface area (Å²) in [6, 6.07) is 7.78. The maximum Gasteiger partial charge on any atom is 0.276 e. The maximum atomic E-state index is 11.7. The number of unbranched alkanes of at least 4 members (excludes halogenated alkanes) is 2. The summed E-state index contributed by atoms with van der Waals surface area (Å²) in [6.45, 7) is 9.34. The summed E-state index contributed by atoms with van der Waals surface area (Å²) in [7, 11) is 0. The molecule has 0 fully saturated rings. The van der Waals surface area contributed by atoms with E-state index in [1.165, 1.54) is 5.56 Å². The van der Waals surface area contributed by atoms with Gasteiger partial charge in [-0.1, -0.05) is 52.7 Å². The first kappa shape index (κ1) is 20.2. The molecule has 0 aliphatic rings. The molecular formula is C18H29N3O2S. The van der Waals surface area contributed by atoms with Crippen molar-refractivity contribution >= 4 is 23.2 Å². The average Bonchev–Trinajstić information content (AvgIpc) is 2.54. The molecule has 0 spiro atoms. The van der Waals surface area contributed by atoms with Gasteiger partial charge in [0.2, 0.25) is 0 Å². The van der Waals surface area contributed by atoms with E-state index in [0.29, 0.717) is 10.9 Å². The molecule has 0 unspecified atom stereocenters. The minimum atomic E-state index is -0.285. The fraction of sp³-hybridized carbons (Fsp3) is 0.556. The lowest BCUT2D eigenvalue weighted by Gasteiger charge is -2.19. The number of ether oxygens (including phenoxy) is 1. The quantitative estimate of drug-likeness (QED) is 0.400. The molecule has 1 aromatic rings. The Hall–Kier alpha value is -1.82. The molecule has 0 bridgehead atoms. The molecule has 24 heavy (non-hydrogen) atoms. The van der Waals surface area contributed by atoms with Gasteiger partial charge in [-0.2, -0.15) is 0 Å². The number of thiocarbonyl (C=S) groups is 1. The van der Waals surface area contributed by atoms with Crippen molar-refractivity contribution in [3.8, 4) is 5.75 Å². The van der Waals surface area contributed by atoms with Crippen molar-refractivity contribution in [1.29, 1.82) is 0 Å². The second-order valence-electron chi connectivity index (χ2n) is 6.70. The molecule has 6 heteroatoms. The molecule has 0 saturated heterocycles. The van der Waals surface area contributed by atoms with Gasteiger partial charge in [0.25, 0.3) is 5.91 Å². The fourth-order valence-corrected chi connectivity index (χ4v) is 2.14. The van der Waals surface area contributed by atoms with Crippen LogP contribution >= 0.6 is 12.2 Å². The second kappa shape index (κ2) is 10.1. The Bertz CT molecular complexity index is 524. The second-order valence-corrected chi connectivity index (χ2v) is 7.11. The van der Waals surface area contributed by atoms with Gasteiger partial charge in [-0.15, -0.1) is 0 Å². The van der Waals surface area contributed by atoms with Crippen LogP contribution in [-0.4, -0.2) is 24.2 Å². The van der Waals surface area contributed by atoms with E-state index < -0.39 is 0 Å². The molecular weight excluding hydrogens is 322 g/mol. The summed E-state index contributed by atoms with van der Waals surface area (Å²) in [5, 5.41) is 3.44. The van der Waals surface area contributed by atoms with Crippen molar-refractivity contribution in [1.82, 2.24) is 16.2 Å². The van der Waals surface area contributed by atoms with E-state index >= 15 is 0 Å². The van der Waals surface area contributed by atoms with Gasteiger partial charge in [0.05, 0.1) is 0 Å². The molecule has 1 rings (SSSR count). The van der Waals surface area contributed by atoms with E-state index in [-0.39, 0.29) is 17.9 Å². The topological polar surface area (TPSA) is 62.4 Å². The predicted molar refractivity (Wildman–Crippen MR) is 102 cm³/mol. The highest BCUT2D eigenvalue weighted by Gasteiger charge is 2.13. The molecule has 0 aromatic heterocycles. The summed E-state index contributed by atoms with van der Waals surface area (Å²) in [5.41, 5.74) is 6.50. The lowest BCUT2D eigenvalue weighted by atomic mass is 9.87. The lowest BCUT2D eigenvalue weighted by molar-refractivity contribution is -0.123. The third-order valence-electron chi connectivity index (χ3n) is 3.47. The van der Waals surface area contributed by atoms with Crippen molar-refractivity contribution in [2.24, 2.45) is 0 Å². The molecule has 0 atom stereocenters. The number of amides is 1. The number of hydrogen-bond acceptors (Lipinski definition) is 3. The first-order valence-corrected chi connectivity index (χ1v) is 8.79. The van der Waals surface area contributed by atoms with Gasteiger partial charge < -0.3 is 10.1 Å². The average molecular weight is 352 g/mol. The maximum absolute atomic E-state index is 11.7. The third-order valence-corrected chi connectivity index (χ3v) is 3.72. The monoisotopic (exact) mass is 351 g/mol. The van der Waals surface area contributed by atoms with Crippen molar-refractivity contribution < 1.29 is 9.53 Å². The highest BCUT2D eigenvalue weighted by Crippen LogP contribution is 2.24. The van der Waals surface area contributed by atoms with Crippen LogP contribution in [0, 0.1) is 0 Å². The Morgan fingerprint density at radius 3 is 2.38 bits per heavy atom. The molecule has 134 valence electrons. The van der Waals surface area contributed by atoms with E-state index in [4.69, 9.17) is 17.0 Å². The molecule has 0 heterocycles. The van der Waals surface area contributed by atoms with E-state index in [2.05, 4.69) is 43.9 Å². The largest absolute Gasteiger partial charge is 0.484 e. The van der Waals surface area contributed by atoms with E-state index in [9.17, 15) is 4.79 Å². The van der Waals surface area contributed by atoms with Crippen molar-refractivity contribution in [2.45, 2.75) is 52.4 Å². The van der Waals surface area contributed by atoms with Crippen LogP contribution in [0.2, 0.25) is 0 Å². The normalized spacial score (nSPS) is 10.8. The molecule has 0 saturated carbocycles. The number of nitrogens with one attached hydrogen (secondary N) is 3. The van der Waals surface area contributed by atoms with Gasteiger partial charge in [-0.05, 0) is 41.7 Å². The number of carbonyl (C=O) groups excluding carboxylic acids is 1. The Morgan fingerprint density at radius 2 is 1.79 bits per heavy atom. The molecule has 0 radical (unpaired) electrons. The van der Waals surface area contributed by atoms with E-state index in [1.54, 1.807) is 0 Å². The van der Waals surface area contributed by atoms with Crippen LogP contribution in [0.15, 0.2) is 24.3 Å². The van der Waals surface area contributed by atoms with Crippen LogP contribution in [0.25, 0.3) is 0 Å². The van der Waals surface area contributed by atoms with Crippen LogP contribution in [0.4, 0.5) is 0 Å².